The predicted molar refractivity (Wildman–Crippen MR) is 79.1 cm³/mol. The molecular weight excluding hydrogens is 240 g/mol. The Morgan fingerprint density at radius 2 is 1.63 bits per heavy atom. The summed E-state index contributed by atoms with van der Waals surface area (Å²) in [5.41, 5.74) is 0.550. The molecule has 1 unspecified atom stereocenters. The van der Waals surface area contributed by atoms with E-state index in [-0.39, 0.29) is 0 Å². The number of aliphatic hydroxyl groups excluding tert-OH is 1. The van der Waals surface area contributed by atoms with Crippen LogP contribution in [-0.2, 0) is 4.79 Å². The Morgan fingerprint density at radius 1 is 1.11 bits per heavy atom. The van der Waals surface area contributed by atoms with Gasteiger partial charge in [0.1, 0.15) is 0 Å². The molecule has 0 fully saturated rings. The zero-order valence-corrected chi connectivity index (χ0v) is 12.1. The third-order valence-corrected chi connectivity index (χ3v) is 3.23. The van der Waals surface area contributed by atoms with Crippen molar-refractivity contribution in [2.75, 3.05) is 0 Å². The summed E-state index contributed by atoms with van der Waals surface area (Å²) >= 11 is 0. The van der Waals surface area contributed by atoms with E-state index < -0.39 is 12.1 Å². The minimum absolute atomic E-state index is 0.550. The average Bonchev–Trinajstić information content (AvgIpc) is 2.39. The molecule has 0 rings (SSSR count). The van der Waals surface area contributed by atoms with E-state index in [2.05, 4.69) is 13.5 Å². The van der Waals surface area contributed by atoms with Gasteiger partial charge in [0.25, 0.3) is 0 Å². The summed E-state index contributed by atoms with van der Waals surface area (Å²) in [4.78, 5) is 10.6. The van der Waals surface area contributed by atoms with Crippen molar-refractivity contribution < 1.29 is 15.0 Å². The molecule has 19 heavy (non-hydrogen) atoms. The van der Waals surface area contributed by atoms with E-state index >= 15 is 0 Å². The van der Waals surface area contributed by atoms with Crippen molar-refractivity contribution in [3.63, 3.8) is 0 Å². The number of rotatable bonds is 12. The van der Waals surface area contributed by atoms with Crippen molar-refractivity contribution in [1.82, 2.24) is 0 Å². The van der Waals surface area contributed by atoms with E-state index in [9.17, 15) is 9.90 Å². The van der Waals surface area contributed by atoms with E-state index in [1.165, 1.54) is 44.6 Å². The number of carbonyl (C=O) groups is 1. The van der Waals surface area contributed by atoms with Gasteiger partial charge in [0.2, 0.25) is 0 Å². The molecule has 0 spiro atoms. The van der Waals surface area contributed by atoms with Crippen molar-refractivity contribution >= 4 is 5.97 Å². The normalized spacial score (nSPS) is 13.3. The number of carboxylic acid groups (broad SMARTS) is 1. The number of aliphatic hydroxyl groups is 1. The van der Waals surface area contributed by atoms with Crippen LogP contribution in [0.4, 0.5) is 0 Å². The van der Waals surface area contributed by atoms with Crippen LogP contribution in [0.5, 0.6) is 0 Å². The Hall–Kier alpha value is -1.09. The largest absolute Gasteiger partial charge is 0.478 e. The highest BCUT2D eigenvalue weighted by atomic mass is 16.4. The van der Waals surface area contributed by atoms with Gasteiger partial charge in [-0.3, -0.25) is 0 Å². The van der Waals surface area contributed by atoms with Crippen LogP contribution in [0, 0.1) is 0 Å². The fourth-order valence-corrected chi connectivity index (χ4v) is 2.08. The first kappa shape index (κ1) is 17.9. The minimum Gasteiger partial charge on any atom is -0.478 e. The molecule has 0 aliphatic rings. The first-order valence-electron chi connectivity index (χ1n) is 7.35. The lowest BCUT2D eigenvalue weighted by molar-refractivity contribution is -0.131. The van der Waals surface area contributed by atoms with Crippen molar-refractivity contribution in [3.05, 3.63) is 24.3 Å². The number of hydrogen-bond donors (Lipinski definition) is 2. The van der Waals surface area contributed by atoms with Crippen LogP contribution in [0.2, 0.25) is 0 Å². The van der Waals surface area contributed by atoms with Crippen LogP contribution >= 0.6 is 0 Å². The van der Waals surface area contributed by atoms with Crippen molar-refractivity contribution in [3.8, 4) is 0 Å². The number of carboxylic acids is 1. The predicted octanol–water partition coefficient (Wildman–Crippen LogP) is 4.08. The Balaban J connectivity index is 3.76. The minimum atomic E-state index is -1.00. The zero-order valence-electron chi connectivity index (χ0n) is 12.1. The molecule has 110 valence electrons. The SMILES string of the molecule is C=CC(O)/C(=C/C(=O)O)CCCCCCCCCC. The van der Waals surface area contributed by atoms with Crippen molar-refractivity contribution in [2.24, 2.45) is 0 Å². The molecule has 0 aromatic heterocycles. The molecule has 0 aliphatic carbocycles. The highest BCUT2D eigenvalue weighted by molar-refractivity contribution is 5.80. The Labute approximate surface area is 117 Å². The van der Waals surface area contributed by atoms with Crippen LogP contribution in [0.3, 0.4) is 0 Å². The molecule has 3 heteroatoms. The Kier molecular flexibility index (Phi) is 11.3. The molecule has 0 saturated heterocycles. The Bertz CT molecular complexity index is 282. The van der Waals surface area contributed by atoms with E-state index in [4.69, 9.17) is 5.11 Å². The fourth-order valence-electron chi connectivity index (χ4n) is 2.08. The van der Waals surface area contributed by atoms with Gasteiger partial charge in [-0.15, -0.1) is 6.58 Å². The van der Waals surface area contributed by atoms with Gasteiger partial charge in [-0.1, -0.05) is 57.9 Å². The highest BCUT2D eigenvalue weighted by Gasteiger charge is 2.08. The van der Waals surface area contributed by atoms with Gasteiger partial charge in [0.15, 0.2) is 0 Å². The van der Waals surface area contributed by atoms with Crippen LogP contribution in [-0.4, -0.2) is 22.3 Å². The molecule has 1 atom stereocenters. The summed E-state index contributed by atoms with van der Waals surface area (Å²) in [7, 11) is 0. The van der Waals surface area contributed by atoms with E-state index in [0.717, 1.165) is 18.9 Å². The third kappa shape index (κ3) is 10.5. The van der Waals surface area contributed by atoms with Crippen molar-refractivity contribution in [1.29, 1.82) is 0 Å². The molecule has 0 bridgehead atoms. The average molecular weight is 268 g/mol. The number of unbranched alkanes of at least 4 members (excludes halogenated alkanes) is 7. The molecule has 3 nitrogen and oxygen atoms in total. The lowest BCUT2D eigenvalue weighted by atomic mass is 10.0. The van der Waals surface area contributed by atoms with Gasteiger partial charge in [-0.2, -0.15) is 0 Å². The maximum atomic E-state index is 10.6. The first-order valence-corrected chi connectivity index (χ1v) is 7.35. The van der Waals surface area contributed by atoms with Gasteiger partial charge >= 0.3 is 5.97 Å². The number of aliphatic carboxylic acids is 1. The van der Waals surface area contributed by atoms with Crippen LogP contribution in [0.15, 0.2) is 24.3 Å². The van der Waals surface area contributed by atoms with E-state index in [1.807, 2.05) is 0 Å². The molecule has 0 aliphatic heterocycles. The molecule has 0 radical (unpaired) electrons. The van der Waals surface area contributed by atoms with Crippen molar-refractivity contribution in [2.45, 2.75) is 70.8 Å². The smallest absolute Gasteiger partial charge is 0.328 e. The molecule has 0 aromatic rings. The molecule has 0 saturated carbocycles. The van der Waals surface area contributed by atoms with Gasteiger partial charge in [0, 0.05) is 6.08 Å². The van der Waals surface area contributed by atoms with Crippen LogP contribution < -0.4 is 0 Å². The summed E-state index contributed by atoms with van der Waals surface area (Å²) in [6, 6.07) is 0. The summed E-state index contributed by atoms with van der Waals surface area (Å²) in [5.74, 6) is -1.00. The maximum Gasteiger partial charge on any atom is 0.328 e. The molecule has 2 N–H and O–H groups in total. The van der Waals surface area contributed by atoms with Gasteiger partial charge in [-0.05, 0) is 18.4 Å². The lowest BCUT2D eigenvalue weighted by Crippen LogP contribution is -2.08. The van der Waals surface area contributed by atoms with Gasteiger partial charge < -0.3 is 10.2 Å². The Morgan fingerprint density at radius 3 is 2.11 bits per heavy atom. The maximum absolute atomic E-state index is 10.6. The highest BCUT2D eigenvalue weighted by Crippen LogP contribution is 2.16. The summed E-state index contributed by atoms with van der Waals surface area (Å²) in [6.45, 7) is 5.70. The number of hydrogen-bond acceptors (Lipinski definition) is 2. The van der Waals surface area contributed by atoms with Gasteiger partial charge in [-0.25, -0.2) is 4.79 Å². The monoisotopic (exact) mass is 268 g/mol. The first-order chi connectivity index (χ1) is 9.11. The zero-order chi connectivity index (χ0) is 14.5. The van der Waals surface area contributed by atoms with Crippen LogP contribution in [0.1, 0.15) is 64.7 Å². The van der Waals surface area contributed by atoms with E-state index in [1.54, 1.807) is 0 Å². The quantitative estimate of drug-likeness (QED) is 0.318. The topological polar surface area (TPSA) is 57.5 Å². The molecule has 0 aromatic carbocycles. The third-order valence-electron chi connectivity index (χ3n) is 3.23. The second-order valence-corrected chi connectivity index (χ2v) is 4.96. The summed E-state index contributed by atoms with van der Waals surface area (Å²) in [5, 5.41) is 18.3. The second kappa shape index (κ2) is 12.0. The summed E-state index contributed by atoms with van der Waals surface area (Å²) in [6.07, 6.45) is 11.9. The molecular formula is C16H28O3. The van der Waals surface area contributed by atoms with E-state index in [0.29, 0.717) is 12.0 Å². The fraction of sp³-hybridized carbons (Fsp3) is 0.688. The standard InChI is InChI=1S/C16H28O3/c1-3-5-6-7-8-9-10-11-12-14(13-16(18)19)15(17)4-2/h4,13,15,17H,2-3,5-12H2,1H3,(H,18,19)/b14-13+. The van der Waals surface area contributed by atoms with Gasteiger partial charge in [0.05, 0.1) is 6.10 Å². The summed E-state index contributed by atoms with van der Waals surface area (Å²) < 4.78 is 0. The second-order valence-electron chi connectivity index (χ2n) is 4.96. The molecule has 0 heterocycles. The molecule has 0 amide bonds. The lowest BCUT2D eigenvalue weighted by Gasteiger charge is -2.10. The van der Waals surface area contributed by atoms with Crippen LogP contribution in [0.25, 0.3) is 0 Å².